The molecule has 1 amide bonds. The van der Waals surface area contributed by atoms with Crippen molar-refractivity contribution in [1.82, 2.24) is 15.4 Å². The minimum atomic E-state index is -0.288. The van der Waals surface area contributed by atoms with Crippen LogP contribution in [0.4, 0.5) is 4.39 Å². The fraction of sp³-hybridized carbons (Fsp3) is 0.182. The number of carbonyl (C=O) groups excluding carboxylic acids is 1. The van der Waals surface area contributed by atoms with Gasteiger partial charge in [-0.3, -0.25) is 20.1 Å². The van der Waals surface area contributed by atoms with Gasteiger partial charge in [0.2, 0.25) is 0 Å². The summed E-state index contributed by atoms with van der Waals surface area (Å²) in [6.45, 7) is 4.38. The quantitative estimate of drug-likeness (QED) is 0.650. The maximum Gasteiger partial charge on any atom is 0.258 e. The fourth-order valence-corrected chi connectivity index (χ4v) is 3.78. The first-order valence-corrected chi connectivity index (χ1v) is 9.05. The lowest BCUT2D eigenvalue weighted by atomic mass is 9.93. The first kappa shape index (κ1) is 18.9. The fourth-order valence-electron chi connectivity index (χ4n) is 3.78. The molecule has 1 aromatic heterocycles. The smallest absolute Gasteiger partial charge is 0.258 e. The highest BCUT2D eigenvalue weighted by molar-refractivity contribution is 6.10. The van der Waals surface area contributed by atoms with Gasteiger partial charge in [-0.1, -0.05) is 18.7 Å². The van der Waals surface area contributed by atoms with E-state index in [1.54, 1.807) is 25.4 Å². The van der Waals surface area contributed by atoms with Crippen LogP contribution in [0.15, 0.2) is 43.1 Å². The summed E-state index contributed by atoms with van der Waals surface area (Å²) in [6.07, 6.45) is 2.20. The zero-order valence-electron chi connectivity index (χ0n) is 16.1. The van der Waals surface area contributed by atoms with Crippen molar-refractivity contribution in [1.29, 1.82) is 0 Å². The number of phenols is 1. The van der Waals surface area contributed by atoms with E-state index in [0.717, 1.165) is 11.1 Å². The van der Waals surface area contributed by atoms with E-state index in [9.17, 15) is 14.3 Å². The standard InChI is InChI=1S/C22H20FN3O3/c1-12(25-29-3)18-16-9-14(8-13-4-6-15(23)7-5-13)10-24-20(16)21(27)19-17(18)11-26(2)22(19)28/h4-7,9-10,25,27H,1,8,11H2,2-3H3. The Morgan fingerprint density at radius 3 is 2.76 bits per heavy atom. The van der Waals surface area contributed by atoms with Crippen LogP contribution in [0.1, 0.15) is 32.6 Å². The lowest BCUT2D eigenvalue weighted by Crippen LogP contribution is -2.17. The van der Waals surface area contributed by atoms with Gasteiger partial charge in [0.05, 0.1) is 18.4 Å². The minimum absolute atomic E-state index is 0.133. The first-order chi connectivity index (χ1) is 13.9. The molecule has 0 radical (unpaired) electrons. The van der Waals surface area contributed by atoms with Gasteiger partial charge in [-0.25, -0.2) is 4.39 Å². The Hall–Kier alpha value is -3.45. The third-order valence-electron chi connectivity index (χ3n) is 5.08. The highest BCUT2D eigenvalue weighted by atomic mass is 19.1. The molecule has 0 spiro atoms. The largest absolute Gasteiger partial charge is 0.505 e. The summed E-state index contributed by atoms with van der Waals surface area (Å²) >= 11 is 0. The summed E-state index contributed by atoms with van der Waals surface area (Å²) in [4.78, 5) is 23.5. The molecular weight excluding hydrogens is 373 g/mol. The van der Waals surface area contributed by atoms with E-state index < -0.39 is 0 Å². The summed E-state index contributed by atoms with van der Waals surface area (Å²) < 4.78 is 13.2. The number of fused-ring (bicyclic) bond motifs is 2. The van der Waals surface area contributed by atoms with Crippen LogP contribution in [0, 0.1) is 5.82 Å². The molecule has 0 aliphatic carbocycles. The van der Waals surface area contributed by atoms with Crippen molar-refractivity contribution in [3.63, 3.8) is 0 Å². The van der Waals surface area contributed by atoms with Crippen LogP contribution < -0.4 is 5.48 Å². The topological polar surface area (TPSA) is 74.7 Å². The minimum Gasteiger partial charge on any atom is -0.505 e. The third kappa shape index (κ3) is 3.19. The summed E-state index contributed by atoms with van der Waals surface area (Å²) in [7, 11) is 3.15. The monoisotopic (exact) mass is 393 g/mol. The van der Waals surface area contributed by atoms with E-state index in [1.165, 1.54) is 24.1 Å². The van der Waals surface area contributed by atoms with Crippen LogP contribution in [0.5, 0.6) is 5.75 Å². The average molecular weight is 393 g/mol. The van der Waals surface area contributed by atoms with Crippen LogP contribution in [0.25, 0.3) is 16.6 Å². The van der Waals surface area contributed by atoms with Crippen molar-refractivity contribution < 1.29 is 19.1 Å². The number of phenolic OH excluding ortho intramolecular Hbond substituents is 1. The molecule has 0 bridgehead atoms. The molecule has 6 nitrogen and oxygen atoms in total. The average Bonchev–Trinajstić information content (AvgIpc) is 2.98. The van der Waals surface area contributed by atoms with Crippen molar-refractivity contribution in [2.24, 2.45) is 0 Å². The lowest BCUT2D eigenvalue weighted by molar-refractivity contribution is 0.0814. The van der Waals surface area contributed by atoms with Gasteiger partial charge >= 0.3 is 0 Å². The lowest BCUT2D eigenvalue weighted by Gasteiger charge is -2.16. The SMILES string of the molecule is C=C(NOC)c1c2c(c(O)c3ncc(Cc4ccc(F)cc4)cc13)C(=O)N(C)C2. The molecule has 4 rings (SSSR count). The third-order valence-corrected chi connectivity index (χ3v) is 5.08. The number of hydrogen-bond acceptors (Lipinski definition) is 5. The normalized spacial score (nSPS) is 13.1. The zero-order chi connectivity index (χ0) is 20.7. The van der Waals surface area contributed by atoms with E-state index in [0.29, 0.717) is 40.7 Å². The Balaban J connectivity index is 1.91. The number of hydroxylamine groups is 1. The van der Waals surface area contributed by atoms with E-state index in [4.69, 9.17) is 4.84 Å². The zero-order valence-corrected chi connectivity index (χ0v) is 16.1. The van der Waals surface area contributed by atoms with Gasteiger partial charge in [0.1, 0.15) is 11.3 Å². The molecule has 29 heavy (non-hydrogen) atoms. The number of benzene rings is 2. The highest BCUT2D eigenvalue weighted by Gasteiger charge is 2.33. The van der Waals surface area contributed by atoms with Gasteiger partial charge in [0.25, 0.3) is 5.91 Å². The summed E-state index contributed by atoms with van der Waals surface area (Å²) in [5.41, 5.74) is 6.94. The van der Waals surface area contributed by atoms with Crippen LogP contribution in [0.3, 0.4) is 0 Å². The number of hydrogen-bond donors (Lipinski definition) is 2. The van der Waals surface area contributed by atoms with Gasteiger partial charge in [-0.05, 0) is 41.3 Å². The Morgan fingerprint density at radius 1 is 1.34 bits per heavy atom. The second-order valence-corrected chi connectivity index (χ2v) is 7.07. The molecule has 1 aliphatic heterocycles. The summed E-state index contributed by atoms with van der Waals surface area (Å²) in [5.74, 6) is -0.682. The molecular formula is C22H20FN3O3. The number of pyridine rings is 1. The maximum atomic E-state index is 13.2. The number of aromatic hydroxyl groups is 1. The van der Waals surface area contributed by atoms with Crippen LogP contribution >= 0.6 is 0 Å². The van der Waals surface area contributed by atoms with Crippen molar-refractivity contribution >= 4 is 22.5 Å². The number of carbonyl (C=O) groups is 1. The molecule has 0 saturated carbocycles. The van der Waals surface area contributed by atoms with Gasteiger partial charge in [-0.15, -0.1) is 0 Å². The van der Waals surface area contributed by atoms with Crippen molar-refractivity contribution in [2.75, 3.05) is 14.2 Å². The van der Waals surface area contributed by atoms with Crippen molar-refractivity contribution in [3.05, 3.63) is 76.7 Å². The maximum absolute atomic E-state index is 13.2. The van der Waals surface area contributed by atoms with Gasteiger partial charge in [-0.2, -0.15) is 0 Å². The Morgan fingerprint density at radius 2 is 2.07 bits per heavy atom. The molecule has 2 aromatic carbocycles. The molecule has 2 N–H and O–H groups in total. The van der Waals surface area contributed by atoms with Gasteiger partial charge in [0, 0.05) is 30.7 Å². The Bertz CT molecular complexity index is 1140. The van der Waals surface area contributed by atoms with Crippen LogP contribution in [-0.2, 0) is 17.8 Å². The molecule has 0 unspecified atom stereocenters. The molecule has 148 valence electrons. The van der Waals surface area contributed by atoms with Gasteiger partial charge < -0.3 is 10.0 Å². The van der Waals surface area contributed by atoms with E-state index in [2.05, 4.69) is 17.0 Å². The van der Waals surface area contributed by atoms with Crippen LogP contribution in [0.2, 0.25) is 0 Å². The first-order valence-electron chi connectivity index (χ1n) is 9.05. The predicted octanol–water partition coefficient (Wildman–Crippen LogP) is 3.38. The van der Waals surface area contributed by atoms with Crippen molar-refractivity contribution in [2.45, 2.75) is 13.0 Å². The number of nitrogens with one attached hydrogen (secondary N) is 1. The second kappa shape index (κ2) is 7.18. The predicted molar refractivity (Wildman–Crippen MR) is 108 cm³/mol. The number of amides is 1. The molecule has 0 saturated heterocycles. The molecule has 0 atom stereocenters. The number of halogens is 1. The second-order valence-electron chi connectivity index (χ2n) is 7.07. The molecule has 1 aliphatic rings. The van der Waals surface area contributed by atoms with Crippen molar-refractivity contribution in [3.8, 4) is 5.75 Å². The Labute approximate surface area is 167 Å². The van der Waals surface area contributed by atoms with E-state index in [1.807, 2.05) is 6.07 Å². The Kier molecular flexibility index (Phi) is 4.68. The number of rotatable bonds is 5. The number of aromatic nitrogens is 1. The molecule has 7 heteroatoms. The molecule has 0 fully saturated rings. The summed E-state index contributed by atoms with van der Waals surface area (Å²) in [6, 6.07) is 8.19. The van der Waals surface area contributed by atoms with E-state index >= 15 is 0 Å². The van der Waals surface area contributed by atoms with Gasteiger partial charge in [0.15, 0.2) is 5.75 Å². The highest BCUT2D eigenvalue weighted by Crippen LogP contribution is 2.41. The summed E-state index contributed by atoms with van der Waals surface area (Å²) in [5, 5.41) is 11.4. The van der Waals surface area contributed by atoms with E-state index in [-0.39, 0.29) is 23.0 Å². The van der Waals surface area contributed by atoms with Crippen LogP contribution in [-0.4, -0.2) is 35.1 Å². The molecule has 2 heterocycles. The molecule has 3 aromatic rings. The number of nitrogens with zero attached hydrogens (tertiary/aromatic N) is 2.